The zero-order valence-electron chi connectivity index (χ0n) is 11.4. The topological polar surface area (TPSA) is 63.7 Å². The summed E-state index contributed by atoms with van der Waals surface area (Å²) in [5.41, 5.74) is 0.649. The zero-order chi connectivity index (χ0) is 15.6. The lowest BCUT2D eigenvalue weighted by Crippen LogP contribution is -2.25. The molecule has 1 saturated heterocycles. The molecular weight excluding hydrogens is 321 g/mol. The molecule has 0 spiro atoms. The highest BCUT2D eigenvalue weighted by Crippen LogP contribution is 2.24. The minimum Gasteiger partial charge on any atom is -0.338 e. The van der Waals surface area contributed by atoms with Gasteiger partial charge in [-0.25, -0.2) is 4.39 Å². The lowest BCUT2D eigenvalue weighted by atomic mass is 10.1. The van der Waals surface area contributed by atoms with Gasteiger partial charge >= 0.3 is 0 Å². The summed E-state index contributed by atoms with van der Waals surface area (Å²) in [6, 6.07) is 4.01. The summed E-state index contributed by atoms with van der Waals surface area (Å²) >= 11 is 5.93. The molecule has 21 heavy (non-hydrogen) atoms. The van der Waals surface area contributed by atoms with Crippen LogP contribution >= 0.6 is 11.6 Å². The Labute approximate surface area is 127 Å². The zero-order valence-corrected chi connectivity index (χ0v) is 13.0. The molecule has 0 aliphatic carbocycles. The van der Waals surface area contributed by atoms with Gasteiger partial charge in [0.15, 0.2) is 0 Å². The summed E-state index contributed by atoms with van der Waals surface area (Å²) in [5.74, 6) is -0.708. The molecule has 1 heterocycles. The van der Waals surface area contributed by atoms with E-state index >= 15 is 0 Å². The van der Waals surface area contributed by atoms with Crippen LogP contribution in [-0.4, -0.2) is 38.6 Å². The maximum Gasteiger partial charge on any atom is 0.264 e. The number of rotatable bonds is 5. The summed E-state index contributed by atoms with van der Waals surface area (Å²) in [4.78, 5) is 13.5. The van der Waals surface area contributed by atoms with Gasteiger partial charge in [0.1, 0.15) is 5.82 Å². The maximum absolute atomic E-state index is 13.0. The molecule has 0 aromatic heterocycles. The molecule has 8 heteroatoms. The first-order valence-corrected chi connectivity index (χ1v) is 8.50. The molecule has 0 bridgehead atoms. The normalized spacial score (nSPS) is 19.3. The average molecular weight is 336 g/mol. The van der Waals surface area contributed by atoms with E-state index < -0.39 is 15.9 Å². The van der Waals surface area contributed by atoms with E-state index in [1.807, 2.05) is 0 Å². The van der Waals surface area contributed by atoms with Crippen molar-refractivity contribution < 1.29 is 21.8 Å². The largest absolute Gasteiger partial charge is 0.338 e. The number of benzene rings is 1. The molecule has 116 valence electrons. The maximum atomic E-state index is 13.0. The molecule has 0 N–H and O–H groups in total. The number of amides is 1. The molecular formula is C13H15ClFNO4S. The third-order valence-electron chi connectivity index (χ3n) is 3.19. The predicted molar refractivity (Wildman–Crippen MR) is 75.7 cm³/mol. The smallest absolute Gasteiger partial charge is 0.264 e. The van der Waals surface area contributed by atoms with Crippen LogP contribution in [0.15, 0.2) is 18.2 Å². The van der Waals surface area contributed by atoms with Gasteiger partial charge in [-0.1, -0.05) is 17.7 Å². The Bertz CT molecular complexity index is 650. The number of carbonyl (C=O) groups is 1. The third-order valence-corrected chi connectivity index (χ3v) is 4.10. The molecule has 1 aromatic rings. The average Bonchev–Trinajstić information content (AvgIpc) is 2.70. The van der Waals surface area contributed by atoms with E-state index in [1.54, 1.807) is 4.90 Å². The van der Waals surface area contributed by atoms with Gasteiger partial charge in [0.25, 0.3) is 10.1 Å². The van der Waals surface area contributed by atoms with Crippen LogP contribution in [0.4, 0.5) is 4.39 Å². The molecule has 1 aliphatic heterocycles. The standard InChI is InChI=1S/C13H15ClFNO4S/c1-21(18,19)20-8-9-4-13(17)16(6-9)7-10-2-3-11(15)5-12(10)14/h2-3,5,9H,4,6-8H2,1H3. The lowest BCUT2D eigenvalue weighted by Gasteiger charge is -2.17. The van der Waals surface area contributed by atoms with Crippen molar-refractivity contribution >= 4 is 27.6 Å². The van der Waals surface area contributed by atoms with Crippen molar-refractivity contribution in [2.75, 3.05) is 19.4 Å². The van der Waals surface area contributed by atoms with Gasteiger partial charge in [0.05, 0.1) is 12.9 Å². The Morgan fingerprint density at radius 2 is 2.19 bits per heavy atom. The first-order chi connectivity index (χ1) is 9.74. The van der Waals surface area contributed by atoms with Gasteiger partial charge in [-0.05, 0) is 17.7 Å². The Balaban J connectivity index is 1.97. The van der Waals surface area contributed by atoms with Crippen LogP contribution in [0.3, 0.4) is 0 Å². The predicted octanol–water partition coefficient (Wildman–Crippen LogP) is 1.80. The molecule has 0 saturated carbocycles. The van der Waals surface area contributed by atoms with E-state index in [0.29, 0.717) is 12.1 Å². The molecule has 1 fully saturated rings. The number of likely N-dealkylation sites (tertiary alicyclic amines) is 1. The molecule has 1 aromatic carbocycles. The van der Waals surface area contributed by atoms with E-state index in [9.17, 15) is 17.6 Å². The van der Waals surface area contributed by atoms with E-state index in [2.05, 4.69) is 0 Å². The van der Waals surface area contributed by atoms with E-state index in [0.717, 1.165) is 6.26 Å². The van der Waals surface area contributed by atoms with Crippen LogP contribution in [0.1, 0.15) is 12.0 Å². The van der Waals surface area contributed by atoms with Crippen molar-refractivity contribution in [1.29, 1.82) is 0 Å². The Hall–Kier alpha value is -1.18. The van der Waals surface area contributed by atoms with Gasteiger partial charge in [-0.15, -0.1) is 0 Å². The number of hydrogen-bond donors (Lipinski definition) is 0. The summed E-state index contributed by atoms with van der Waals surface area (Å²) in [7, 11) is -3.51. The Kier molecular flexibility index (Phi) is 4.85. The molecule has 1 aliphatic rings. The fourth-order valence-corrected chi connectivity index (χ4v) is 2.86. The molecule has 1 unspecified atom stereocenters. The molecule has 2 rings (SSSR count). The fourth-order valence-electron chi connectivity index (χ4n) is 2.19. The Morgan fingerprint density at radius 3 is 2.81 bits per heavy atom. The second-order valence-corrected chi connectivity index (χ2v) is 7.12. The van der Waals surface area contributed by atoms with Gasteiger partial charge in [-0.3, -0.25) is 8.98 Å². The van der Waals surface area contributed by atoms with Crippen LogP contribution < -0.4 is 0 Å². The molecule has 1 atom stereocenters. The van der Waals surface area contributed by atoms with Crippen molar-refractivity contribution in [3.63, 3.8) is 0 Å². The van der Waals surface area contributed by atoms with Gasteiger partial charge in [0.2, 0.25) is 5.91 Å². The Morgan fingerprint density at radius 1 is 1.48 bits per heavy atom. The van der Waals surface area contributed by atoms with Crippen molar-refractivity contribution in [1.82, 2.24) is 4.90 Å². The van der Waals surface area contributed by atoms with Crippen molar-refractivity contribution in [2.24, 2.45) is 5.92 Å². The number of hydrogen-bond acceptors (Lipinski definition) is 4. The second-order valence-electron chi connectivity index (χ2n) is 5.07. The second kappa shape index (κ2) is 6.29. The van der Waals surface area contributed by atoms with Crippen molar-refractivity contribution in [3.8, 4) is 0 Å². The van der Waals surface area contributed by atoms with Crippen molar-refractivity contribution in [2.45, 2.75) is 13.0 Å². The summed E-state index contributed by atoms with van der Waals surface area (Å²) < 4.78 is 39.6. The first kappa shape index (κ1) is 16.2. The van der Waals surface area contributed by atoms with Gasteiger partial charge in [0, 0.05) is 30.5 Å². The minimum atomic E-state index is -3.51. The van der Waals surface area contributed by atoms with Gasteiger partial charge in [-0.2, -0.15) is 8.42 Å². The van der Waals surface area contributed by atoms with Gasteiger partial charge < -0.3 is 4.90 Å². The van der Waals surface area contributed by atoms with Crippen molar-refractivity contribution in [3.05, 3.63) is 34.6 Å². The van der Waals surface area contributed by atoms with E-state index in [-0.39, 0.29) is 36.4 Å². The van der Waals surface area contributed by atoms with Crippen LogP contribution in [0.5, 0.6) is 0 Å². The van der Waals surface area contributed by atoms with E-state index in [1.165, 1.54) is 18.2 Å². The number of nitrogens with zero attached hydrogens (tertiary/aromatic N) is 1. The van der Waals surface area contributed by atoms with Crippen LogP contribution in [0.2, 0.25) is 5.02 Å². The molecule has 1 amide bonds. The fraction of sp³-hybridized carbons (Fsp3) is 0.462. The highest BCUT2D eigenvalue weighted by atomic mass is 35.5. The van der Waals surface area contributed by atoms with E-state index in [4.69, 9.17) is 15.8 Å². The lowest BCUT2D eigenvalue weighted by molar-refractivity contribution is -0.128. The summed E-state index contributed by atoms with van der Waals surface area (Å²) in [5, 5.41) is 0.263. The number of carbonyl (C=O) groups excluding carboxylic acids is 1. The molecule has 0 radical (unpaired) electrons. The monoisotopic (exact) mass is 335 g/mol. The summed E-state index contributed by atoms with van der Waals surface area (Å²) in [6.07, 6.45) is 1.20. The summed E-state index contributed by atoms with van der Waals surface area (Å²) in [6.45, 7) is 0.646. The van der Waals surface area contributed by atoms with Crippen LogP contribution in [-0.2, 0) is 25.6 Å². The third kappa shape index (κ3) is 4.66. The van der Waals surface area contributed by atoms with Crippen LogP contribution in [0.25, 0.3) is 0 Å². The minimum absolute atomic E-state index is 0.0157. The number of halogens is 2. The first-order valence-electron chi connectivity index (χ1n) is 6.30. The highest BCUT2D eigenvalue weighted by Gasteiger charge is 2.30. The van der Waals surface area contributed by atoms with Crippen LogP contribution in [0, 0.1) is 11.7 Å². The highest BCUT2D eigenvalue weighted by molar-refractivity contribution is 7.85. The quantitative estimate of drug-likeness (QED) is 0.770. The molecule has 5 nitrogen and oxygen atoms in total. The SMILES string of the molecule is CS(=O)(=O)OCC1CC(=O)N(Cc2ccc(F)cc2Cl)C1.